The maximum absolute atomic E-state index is 3.55. The van der Waals surface area contributed by atoms with Gasteiger partial charge in [0.1, 0.15) is 0 Å². The van der Waals surface area contributed by atoms with Crippen LogP contribution in [0.25, 0.3) is 0 Å². The Balaban J connectivity index is 1.67. The van der Waals surface area contributed by atoms with E-state index in [9.17, 15) is 0 Å². The third-order valence-electron chi connectivity index (χ3n) is 3.77. The minimum absolute atomic E-state index is 0.310. The molecule has 102 valence electrons. The van der Waals surface area contributed by atoms with E-state index in [1.165, 1.54) is 24.4 Å². The molecule has 18 heavy (non-hydrogen) atoms. The second kappa shape index (κ2) is 6.66. The van der Waals surface area contributed by atoms with Crippen LogP contribution in [-0.2, 0) is 6.54 Å². The van der Waals surface area contributed by atoms with Crippen LogP contribution in [0.3, 0.4) is 0 Å². The summed E-state index contributed by atoms with van der Waals surface area (Å²) in [5.74, 6) is 0. The number of thiophene rings is 1. The third-order valence-corrected chi connectivity index (χ3v) is 4.64. The molecule has 1 aliphatic heterocycles. The predicted octanol–water partition coefficient (Wildman–Crippen LogP) is 1.91. The van der Waals surface area contributed by atoms with Crippen LogP contribution < -0.4 is 10.6 Å². The molecule has 1 saturated heterocycles. The molecule has 2 N–H and O–H groups in total. The molecule has 1 aromatic rings. The van der Waals surface area contributed by atoms with Crippen LogP contribution in [0, 0.1) is 0 Å². The largest absolute Gasteiger partial charge is 0.314 e. The van der Waals surface area contributed by atoms with Gasteiger partial charge in [0.15, 0.2) is 0 Å². The van der Waals surface area contributed by atoms with Gasteiger partial charge in [-0.1, -0.05) is 6.07 Å². The predicted molar refractivity (Wildman–Crippen MR) is 79.2 cm³/mol. The summed E-state index contributed by atoms with van der Waals surface area (Å²) in [5, 5.41) is 9.11. The van der Waals surface area contributed by atoms with Gasteiger partial charge in [-0.3, -0.25) is 4.90 Å². The van der Waals surface area contributed by atoms with Crippen LogP contribution in [-0.4, -0.2) is 43.2 Å². The highest BCUT2D eigenvalue weighted by Crippen LogP contribution is 2.18. The Labute approximate surface area is 115 Å². The number of nitrogens with zero attached hydrogens (tertiary/aromatic N) is 1. The van der Waals surface area contributed by atoms with Crippen molar-refractivity contribution in [2.75, 3.05) is 32.7 Å². The average molecular weight is 267 g/mol. The average Bonchev–Trinajstić information content (AvgIpc) is 2.89. The molecule has 0 atom stereocenters. The second-order valence-electron chi connectivity index (χ2n) is 5.56. The second-order valence-corrected chi connectivity index (χ2v) is 6.59. The minimum Gasteiger partial charge on any atom is -0.314 e. The van der Waals surface area contributed by atoms with Crippen molar-refractivity contribution in [2.24, 2.45) is 0 Å². The highest BCUT2D eigenvalue weighted by atomic mass is 32.1. The fourth-order valence-corrected chi connectivity index (χ4v) is 3.12. The van der Waals surface area contributed by atoms with Gasteiger partial charge in [0, 0.05) is 43.1 Å². The Hall–Kier alpha value is -0.420. The lowest BCUT2D eigenvalue weighted by atomic mass is 9.97. The van der Waals surface area contributed by atoms with E-state index < -0.39 is 0 Å². The van der Waals surface area contributed by atoms with Crippen molar-refractivity contribution in [3.05, 3.63) is 22.4 Å². The van der Waals surface area contributed by atoms with Gasteiger partial charge in [-0.05, 0) is 38.3 Å². The summed E-state index contributed by atoms with van der Waals surface area (Å²) in [6.45, 7) is 11.5. The van der Waals surface area contributed by atoms with Crippen LogP contribution in [0.5, 0.6) is 0 Å². The van der Waals surface area contributed by atoms with Gasteiger partial charge in [-0.15, -0.1) is 11.3 Å². The Morgan fingerprint density at radius 2 is 2.17 bits per heavy atom. The van der Waals surface area contributed by atoms with E-state index in [0.29, 0.717) is 5.54 Å². The molecule has 3 nitrogen and oxygen atoms in total. The molecule has 4 heteroatoms. The molecule has 1 aromatic heterocycles. The Morgan fingerprint density at radius 3 is 2.83 bits per heavy atom. The molecule has 0 bridgehead atoms. The summed E-state index contributed by atoms with van der Waals surface area (Å²) < 4.78 is 0. The molecular formula is C14H25N3S. The van der Waals surface area contributed by atoms with Crippen molar-refractivity contribution in [1.82, 2.24) is 15.5 Å². The first kappa shape index (κ1) is 14.0. The van der Waals surface area contributed by atoms with Crippen molar-refractivity contribution >= 4 is 11.3 Å². The smallest absolute Gasteiger partial charge is 0.0299 e. The molecule has 0 spiro atoms. The van der Waals surface area contributed by atoms with Crippen LogP contribution >= 0.6 is 11.3 Å². The molecule has 0 aromatic carbocycles. The van der Waals surface area contributed by atoms with Gasteiger partial charge in [0.2, 0.25) is 0 Å². The highest BCUT2D eigenvalue weighted by Gasteiger charge is 2.26. The molecule has 1 fully saturated rings. The first-order valence-electron chi connectivity index (χ1n) is 6.87. The maximum atomic E-state index is 3.55. The Bertz CT molecular complexity index is 329. The molecule has 2 heterocycles. The number of rotatable bonds is 6. The van der Waals surface area contributed by atoms with Gasteiger partial charge >= 0.3 is 0 Å². The number of hydrogen-bond donors (Lipinski definition) is 2. The lowest BCUT2D eigenvalue weighted by Crippen LogP contribution is -2.54. The first-order valence-corrected chi connectivity index (χ1v) is 7.75. The molecule has 2 rings (SSSR count). The molecule has 1 aliphatic rings. The van der Waals surface area contributed by atoms with E-state index in [1.54, 1.807) is 0 Å². The zero-order valence-electron chi connectivity index (χ0n) is 11.5. The standard InChI is InChI=1S/C14H25N3S/c1-14(2,17-9-7-15-8-10-17)5-6-16-12-13-4-3-11-18-13/h3-4,11,15-16H,5-10,12H2,1-2H3. The van der Waals surface area contributed by atoms with Gasteiger partial charge < -0.3 is 10.6 Å². The zero-order valence-corrected chi connectivity index (χ0v) is 12.4. The minimum atomic E-state index is 0.310. The van der Waals surface area contributed by atoms with Crippen molar-refractivity contribution in [1.29, 1.82) is 0 Å². The Kier molecular flexibility index (Phi) is 5.18. The molecule has 0 unspecified atom stereocenters. The van der Waals surface area contributed by atoms with E-state index in [4.69, 9.17) is 0 Å². The molecule has 0 aliphatic carbocycles. The Morgan fingerprint density at radius 1 is 1.39 bits per heavy atom. The van der Waals surface area contributed by atoms with Crippen LogP contribution in [0.4, 0.5) is 0 Å². The summed E-state index contributed by atoms with van der Waals surface area (Å²) in [5.41, 5.74) is 0.310. The highest BCUT2D eigenvalue weighted by molar-refractivity contribution is 7.09. The summed E-state index contributed by atoms with van der Waals surface area (Å²) in [6.07, 6.45) is 1.21. The summed E-state index contributed by atoms with van der Waals surface area (Å²) in [6, 6.07) is 4.31. The molecular weight excluding hydrogens is 242 g/mol. The molecule has 0 saturated carbocycles. The fourth-order valence-electron chi connectivity index (χ4n) is 2.45. The van der Waals surface area contributed by atoms with E-state index in [1.807, 2.05) is 11.3 Å². The summed E-state index contributed by atoms with van der Waals surface area (Å²) >= 11 is 1.83. The van der Waals surface area contributed by atoms with E-state index in [0.717, 1.165) is 26.2 Å². The quantitative estimate of drug-likeness (QED) is 0.771. The topological polar surface area (TPSA) is 27.3 Å². The lowest BCUT2D eigenvalue weighted by Gasteiger charge is -2.41. The summed E-state index contributed by atoms with van der Waals surface area (Å²) in [7, 11) is 0. The molecule has 0 amide bonds. The van der Waals surface area contributed by atoms with Crippen molar-refractivity contribution in [2.45, 2.75) is 32.4 Å². The third kappa shape index (κ3) is 4.05. The number of hydrogen-bond acceptors (Lipinski definition) is 4. The first-order chi connectivity index (χ1) is 8.68. The zero-order chi connectivity index (χ0) is 12.8. The van der Waals surface area contributed by atoms with Crippen molar-refractivity contribution in [3.63, 3.8) is 0 Å². The van der Waals surface area contributed by atoms with E-state index >= 15 is 0 Å². The van der Waals surface area contributed by atoms with Crippen LogP contribution in [0.15, 0.2) is 17.5 Å². The number of piperazine rings is 1. The van der Waals surface area contributed by atoms with Gasteiger partial charge in [-0.2, -0.15) is 0 Å². The SMILES string of the molecule is CC(C)(CCNCc1cccs1)N1CCNCC1. The summed E-state index contributed by atoms with van der Waals surface area (Å²) in [4.78, 5) is 4.03. The normalized spacial score (nSPS) is 18.1. The van der Waals surface area contributed by atoms with E-state index in [2.05, 4.69) is 46.9 Å². The monoisotopic (exact) mass is 267 g/mol. The van der Waals surface area contributed by atoms with Crippen LogP contribution in [0.2, 0.25) is 0 Å². The lowest BCUT2D eigenvalue weighted by molar-refractivity contribution is 0.0956. The van der Waals surface area contributed by atoms with Crippen LogP contribution in [0.1, 0.15) is 25.1 Å². The van der Waals surface area contributed by atoms with E-state index in [-0.39, 0.29) is 0 Å². The van der Waals surface area contributed by atoms with Gasteiger partial charge in [0.05, 0.1) is 0 Å². The van der Waals surface area contributed by atoms with Crippen molar-refractivity contribution < 1.29 is 0 Å². The fraction of sp³-hybridized carbons (Fsp3) is 0.714. The number of nitrogens with one attached hydrogen (secondary N) is 2. The van der Waals surface area contributed by atoms with Crippen molar-refractivity contribution in [3.8, 4) is 0 Å². The van der Waals surface area contributed by atoms with Gasteiger partial charge in [-0.25, -0.2) is 0 Å². The molecule has 0 radical (unpaired) electrons. The maximum Gasteiger partial charge on any atom is 0.0299 e. The van der Waals surface area contributed by atoms with Gasteiger partial charge in [0.25, 0.3) is 0 Å².